The Kier molecular flexibility index (Phi) is 4.70. The molecular weight excluding hydrogens is 322 g/mol. The van der Waals surface area contributed by atoms with Gasteiger partial charge in [0.25, 0.3) is 17.3 Å². The van der Waals surface area contributed by atoms with Gasteiger partial charge in [-0.25, -0.2) is 0 Å². The lowest BCUT2D eigenvalue weighted by molar-refractivity contribution is -0.394. The van der Waals surface area contributed by atoms with E-state index in [-0.39, 0.29) is 11.1 Å². The van der Waals surface area contributed by atoms with Crippen LogP contribution in [0.5, 0.6) is 0 Å². The molecule has 0 atom stereocenters. The fourth-order valence-corrected chi connectivity index (χ4v) is 2.87. The lowest BCUT2D eigenvalue weighted by atomic mass is 10.0. The van der Waals surface area contributed by atoms with Crippen LogP contribution in [0.3, 0.4) is 0 Å². The third-order valence-corrected chi connectivity index (χ3v) is 4.18. The third-order valence-electron chi connectivity index (χ3n) is 3.32. The average molecular weight is 335 g/mol. The van der Waals surface area contributed by atoms with Gasteiger partial charge in [0.05, 0.1) is 28.0 Å². The minimum Gasteiger partial charge on any atom is -0.337 e. The van der Waals surface area contributed by atoms with Gasteiger partial charge in [-0.05, 0) is 18.4 Å². The number of nitro benzene ring substituents is 2. The molecule has 0 aliphatic rings. The van der Waals surface area contributed by atoms with Crippen molar-refractivity contribution in [1.29, 1.82) is 0 Å². The molecule has 8 nitrogen and oxygen atoms in total. The molecular formula is C14H13N3O5S. The number of carbonyl (C=O) groups excluding carboxylic acids is 1. The molecule has 0 spiro atoms. The predicted octanol–water partition coefficient (Wildman–Crippen LogP) is 3.15. The SMILES string of the molecule is Cc1c(C(=O)N(C)Cc2cccs2)cc([N+](=O)[O-])cc1[N+](=O)[O-]. The molecule has 1 aromatic carbocycles. The lowest BCUT2D eigenvalue weighted by Crippen LogP contribution is -2.26. The zero-order valence-electron chi connectivity index (χ0n) is 12.4. The molecule has 1 amide bonds. The lowest BCUT2D eigenvalue weighted by Gasteiger charge is -2.17. The Hall–Kier alpha value is -2.81. The number of nitrogens with zero attached hydrogens (tertiary/aromatic N) is 3. The highest BCUT2D eigenvalue weighted by molar-refractivity contribution is 7.09. The predicted molar refractivity (Wildman–Crippen MR) is 84.6 cm³/mol. The van der Waals surface area contributed by atoms with Gasteiger partial charge in [-0.2, -0.15) is 0 Å². The molecule has 2 rings (SSSR count). The van der Waals surface area contributed by atoms with Crippen LogP contribution in [0, 0.1) is 27.2 Å². The smallest absolute Gasteiger partial charge is 0.279 e. The molecule has 120 valence electrons. The van der Waals surface area contributed by atoms with E-state index in [1.807, 2.05) is 17.5 Å². The van der Waals surface area contributed by atoms with Gasteiger partial charge in [-0.3, -0.25) is 25.0 Å². The Balaban J connectivity index is 2.42. The molecule has 1 aromatic heterocycles. The van der Waals surface area contributed by atoms with E-state index in [4.69, 9.17) is 0 Å². The van der Waals surface area contributed by atoms with E-state index in [0.29, 0.717) is 6.54 Å². The summed E-state index contributed by atoms with van der Waals surface area (Å²) in [6.45, 7) is 1.74. The average Bonchev–Trinajstić information content (AvgIpc) is 2.99. The first kappa shape index (κ1) is 16.6. The van der Waals surface area contributed by atoms with Crippen molar-refractivity contribution >= 4 is 28.6 Å². The molecule has 0 radical (unpaired) electrons. The molecule has 0 saturated heterocycles. The van der Waals surface area contributed by atoms with Crippen molar-refractivity contribution in [2.24, 2.45) is 0 Å². The van der Waals surface area contributed by atoms with Gasteiger partial charge in [0.1, 0.15) is 0 Å². The van der Waals surface area contributed by atoms with Crippen molar-refractivity contribution in [3.05, 3.63) is 65.9 Å². The van der Waals surface area contributed by atoms with Crippen molar-refractivity contribution in [2.75, 3.05) is 7.05 Å². The first-order valence-corrected chi connectivity index (χ1v) is 7.40. The highest BCUT2D eigenvalue weighted by atomic mass is 32.1. The third kappa shape index (κ3) is 3.51. The summed E-state index contributed by atoms with van der Waals surface area (Å²) >= 11 is 1.47. The summed E-state index contributed by atoms with van der Waals surface area (Å²) < 4.78 is 0. The number of hydrogen-bond donors (Lipinski definition) is 0. The maximum absolute atomic E-state index is 12.5. The molecule has 2 aromatic rings. The maximum atomic E-state index is 12.5. The van der Waals surface area contributed by atoms with E-state index in [9.17, 15) is 25.0 Å². The molecule has 0 bridgehead atoms. The van der Waals surface area contributed by atoms with Crippen LogP contribution in [0.2, 0.25) is 0 Å². The number of hydrogen-bond acceptors (Lipinski definition) is 6. The van der Waals surface area contributed by atoms with Gasteiger partial charge in [0.15, 0.2) is 0 Å². The van der Waals surface area contributed by atoms with Crippen LogP contribution in [0.4, 0.5) is 11.4 Å². The quantitative estimate of drug-likeness (QED) is 0.616. The van der Waals surface area contributed by atoms with Crippen molar-refractivity contribution < 1.29 is 14.6 Å². The van der Waals surface area contributed by atoms with Crippen molar-refractivity contribution in [1.82, 2.24) is 4.90 Å². The van der Waals surface area contributed by atoms with Crippen LogP contribution in [0.25, 0.3) is 0 Å². The summed E-state index contributed by atoms with van der Waals surface area (Å²) in [5.74, 6) is -0.497. The standard InChI is InChI=1S/C14H13N3O5S/c1-9-12(6-10(16(19)20)7-13(9)17(21)22)14(18)15(2)8-11-4-3-5-23-11/h3-7H,8H2,1-2H3. The van der Waals surface area contributed by atoms with Crippen molar-refractivity contribution in [3.8, 4) is 0 Å². The molecule has 0 unspecified atom stereocenters. The van der Waals surface area contributed by atoms with E-state index in [0.717, 1.165) is 17.0 Å². The number of benzene rings is 1. The fourth-order valence-electron chi connectivity index (χ4n) is 2.12. The largest absolute Gasteiger partial charge is 0.337 e. The summed E-state index contributed by atoms with van der Waals surface area (Å²) in [5.41, 5.74) is -0.837. The Labute approximate surface area is 135 Å². The second-order valence-corrected chi connectivity index (χ2v) is 5.92. The van der Waals surface area contributed by atoms with Crippen LogP contribution in [-0.4, -0.2) is 27.7 Å². The molecule has 0 aliphatic carbocycles. The second-order valence-electron chi connectivity index (χ2n) is 4.89. The van der Waals surface area contributed by atoms with E-state index in [2.05, 4.69) is 0 Å². The number of thiophene rings is 1. The molecule has 0 fully saturated rings. The Morgan fingerprint density at radius 1 is 1.26 bits per heavy atom. The highest BCUT2D eigenvalue weighted by Gasteiger charge is 2.26. The molecule has 0 N–H and O–H groups in total. The Morgan fingerprint density at radius 2 is 1.96 bits per heavy atom. The Bertz CT molecular complexity index is 773. The molecule has 0 saturated carbocycles. The summed E-state index contributed by atoms with van der Waals surface area (Å²) in [7, 11) is 1.55. The molecule has 1 heterocycles. The minimum absolute atomic E-state index is 0.0371. The van der Waals surface area contributed by atoms with Crippen LogP contribution in [0.15, 0.2) is 29.6 Å². The van der Waals surface area contributed by atoms with Crippen LogP contribution in [0.1, 0.15) is 20.8 Å². The number of non-ortho nitro benzene ring substituents is 1. The van der Waals surface area contributed by atoms with Gasteiger partial charge in [0.2, 0.25) is 0 Å². The van der Waals surface area contributed by atoms with E-state index in [1.165, 1.54) is 23.2 Å². The van der Waals surface area contributed by atoms with Crippen LogP contribution in [-0.2, 0) is 6.54 Å². The van der Waals surface area contributed by atoms with Crippen molar-refractivity contribution in [3.63, 3.8) is 0 Å². The summed E-state index contributed by atoms with van der Waals surface area (Å²) in [6, 6.07) is 5.65. The van der Waals surface area contributed by atoms with Gasteiger partial charge in [-0.15, -0.1) is 11.3 Å². The summed E-state index contributed by atoms with van der Waals surface area (Å²) in [5, 5.41) is 23.9. The van der Waals surface area contributed by atoms with Gasteiger partial charge < -0.3 is 4.90 Å². The number of rotatable bonds is 5. The number of amides is 1. The topological polar surface area (TPSA) is 107 Å². The molecule has 0 aliphatic heterocycles. The van der Waals surface area contributed by atoms with Crippen LogP contribution >= 0.6 is 11.3 Å². The monoisotopic (exact) mass is 335 g/mol. The van der Waals surface area contributed by atoms with E-state index in [1.54, 1.807) is 7.05 Å². The first-order valence-electron chi connectivity index (χ1n) is 6.52. The zero-order valence-corrected chi connectivity index (χ0v) is 13.2. The van der Waals surface area contributed by atoms with Crippen molar-refractivity contribution in [2.45, 2.75) is 13.5 Å². The molecule has 9 heteroatoms. The Morgan fingerprint density at radius 3 is 2.48 bits per heavy atom. The minimum atomic E-state index is -0.748. The van der Waals surface area contributed by atoms with Crippen LogP contribution < -0.4 is 0 Å². The zero-order chi connectivity index (χ0) is 17.1. The number of carbonyl (C=O) groups is 1. The van der Waals surface area contributed by atoms with E-state index < -0.39 is 27.1 Å². The van der Waals surface area contributed by atoms with Gasteiger partial charge in [-0.1, -0.05) is 6.07 Å². The number of nitro groups is 2. The van der Waals surface area contributed by atoms with E-state index >= 15 is 0 Å². The first-order chi connectivity index (χ1) is 10.8. The fraction of sp³-hybridized carbons (Fsp3) is 0.214. The second kappa shape index (κ2) is 6.53. The van der Waals surface area contributed by atoms with Gasteiger partial charge in [0, 0.05) is 23.6 Å². The van der Waals surface area contributed by atoms with Gasteiger partial charge >= 0.3 is 0 Å². The summed E-state index contributed by atoms with van der Waals surface area (Å²) in [4.78, 5) is 35.4. The molecule has 23 heavy (non-hydrogen) atoms. The maximum Gasteiger partial charge on any atom is 0.279 e. The summed E-state index contributed by atoms with van der Waals surface area (Å²) in [6.07, 6.45) is 0. The highest BCUT2D eigenvalue weighted by Crippen LogP contribution is 2.29. The normalized spacial score (nSPS) is 10.3.